The Bertz CT molecular complexity index is 703. The van der Waals surface area contributed by atoms with Crippen LogP contribution in [-0.2, 0) is 9.22 Å². The van der Waals surface area contributed by atoms with Crippen molar-refractivity contribution in [1.82, 2.24) is 5.32 Å². The smallest absolute Gasteiger partial charge is 0.320 e. The quantitative estimate of drug-likeness (QED) is 0.795. The van der Waals surface area contributed by atoms with Gasteiger partial charge in [-0.05, 0) is 21.8 Å². The molecule has 0 unspecified atom stereocenters. The molecule has 1 aliphatic heterocycles. The SMILES string of the molecule is CC(C)(C)[Si](O[C@H]1CN[C@H](C(=O)O)C1)(c1ccccc1)c1ccccc1. The summed E-state index contributed by atoms with van der Waals surface area (Å²) in [5.41, 5.74) is 0. The molecular formula is C21H27NO3Si. The Morgan fingerprint density at radius 3 is 1.92 bits per heavy atom. The zero-order valence-electron chi connectivity index (χ0n) is 15.6. The van der Waals surface area contributed by atoms with Gasteiger partial charge in [0.1, 0.15) is 6.04 Å². The van der Waals surface area contributed by atoms with E-state index in [-0.39, 0.29) is 11.1 Å². The van der Waals surface area contributed by atoms with Gasteiger partial charge in [0.25, 0.3) is 8.32 Å². The van der Waals surface area contributed by atoms with E-state index < -0.39 is 20.3 Å². The maximum Gasteiger partial charge on any atom is 0.320 e. The highest BCUT2D eigenvalue weighted by Gasteiger charge is 2.52. The van der Waals surface area contributed by atoms with Crippen LogP contribution in [0.4, 0.5) is 0 Å². The minimum absolute atomic E-state index is 0.100. The third-order valence-electron chi connectivity index (χ3n) is 5.15. The zero-order valence-corrected chi connectivity index (χ0v) is 16.6. The molecule has 1 fully saturated rings. The van der Waals surface area contributed by atoms with E-state index in [2.05, 4.69) is 74.6 Å². The highest BCUT2D eigenvalue weighted by Crippen LogP contribution is 2.38. The number of rotatable bonds is 5. The Labute approximate surface area is 156 Å². The minimum atomic E-state index is -2.61. The molecule has 2 N–H and O–H groups in total. The van der Waals surface area contributed by atoms with Gasteiger partial charge in [0, 0.05) is 6.54 Å². The number of aliphatic carboxylic acids is 1. The van der Waals surface area contributed by atoms with Crippen LogP contribution in [0.5, 0.6) is 0 Å². The van der Waals surface area contributed by atoms with Crippen molar-refractivity contribution in [3.05, 3.63) is 60.7 Å². The average molecular weight is 370 g/mol. The van der Waals surface area contributed by atoms with Crippen molar-refractivity contribution < 1.29 is 14.3 Å². The van der Waals surface area contributed by atoms with Gasteiger partial charge in [-0.1, -0.05) is 81.4 Å². The molecule has 0 amide bonds. The molecule has 26 heavy (non-hydrogen) atoms. The number of carbonyl (C=O) groups is 1. The lowest BCUT2D eigenvalue weighted by molar-refractivity contribution is -0.139. The monoisotopic (exact) mass is 369 g/mol. The fourth-order valence-corrected chi connectivity index (χ4v) is 8.62. The van der Waals surface area contributed by atoms with Crippen molar-refractivity contribution in [2.75, 3.05) is 6.54 Å². The third-order valence-corrected chi connectivity index (χ3v) is 10.2. The molecule has 2 atom stereocenters. The van der Waals surface area contributed by atoms with Gasteiger partial charge in [0.2, 0.25) is 0 Å². The van der Waals surface area contributed by atoms with Crippen LogP contribution in [-0.4, -0.2) is 38.1 Å². The van der Waals surface area contributed by atoms with Crippen LogP contribution >= 0.6 is 0 Å². The maximum absolute atomic E-state index is 11.3. The summed E-state index contributed by atoms with van der Waals surface area (Å²) in [7, 11) is -2.61. The number of carboxylic acid groups (broad SMARTS) is 1. The number of hydrogen-bond donors (Lipinski definition) is 2. The summed E-state index contributed by atoms with van der Waals surface area (Å²) in [5.74, 6) is -0.807. The van der Waals surface area contributed by atoms with E-state index in [0.717, 1.165) is 0 Å². The molecule has 1 aliphatic rings. The second-order valence-electron chi connectivity index (χ2n) is 7.94. The Hall–Kier alpha value is -1.95. The molecule has 2 aromatic carbocycles. The molecule has 0 aliphatic carbocycles. The molecule has 138 valence electrons. The first-order chi connectivity index (χ1) is 12.3. The lowest BCUT2D eigenvalue weighted by Gasteiger charge is -2.44. The maximum atomic E-state index is 11.3. The van der Waals surface area contributed by atoms with Crippen LogP contribution in [0.2, 0.25) is 5.04 Å². The lowest BCUT2D eigenvalue weighted by Crippen LogP contribution is -2.67. The predicted molar refractivity (Wildman–Crippen MR) is 107 cm³/mol. The first-order valence-electron chi connectivity index (χ1n) is 9.09. The van der Waals surface area contributed by atoms with Crippen LogP contribution in [0.25, 0.3) is 0 Å². The molecule has 5 heteroatoms. The van der Waals surface area contributed by atoms with E-state index in [9.17, 15) is 9.90 Å². The van der Waals surface area contributed by atoms with Gasteiger partial charge in [0.15, 0.2) is 0 Å². The number of hydrogen-bond acceptors (Lipinski definition) is 3. The molecule has 4 nitrogen and oxygen atoms in total. The summed E-state index contributed by atoms with van der Waals surface area (Å²) in [6, 6.07) is 20.4. The first-order valence-corrected chi connectivity index (χ1v) is 11.0. The van der Waals surface area contributed by atoms with Gasteiger partial charge < -0.3 is 14.8 Å². The van der Waals surface area contributed by atoms with Gasteiger partial charge in [-0.3, -0.25) is 4.79 Å². The summed E-state index contributed by atoms with van der Waals surface area (Å²) in [6.45, 7) is 7.27. The van der Waals surface area contributed by atoms with E-state index in [1.54, 1.807) is 0 Å². The topological polar surface area (TPSA) is 58.6 Å². The Kier molecular flexibility index (Phi) is 5.32. The van der Waals surface area contributed by atoms with Crippen molar-refractivity contribution in [3.63, 3.8) is 0 Å². The van der Waals surface area contributed by atoms with Crippen molar-refractivity contribution in [2.45, 2.75) is 44.4 Å². The van der Waals surface area contributed by atoms with Crippen LogP contribution in [0.1, 0.15) is 27.2 Å². The van der Waals surface area contributed by atoms with Gasteiger partial charge in [-0.25, -0.2) is 0 Å². The minimum Gasteiger partial charge on any atom is -0.480 e. The highest BCUT2D eigenvalue weighted by molar-refractivity contribution is 6.99. The van der Waals surface area contributed by atoms with E-state index in [1.807, 2.05) is 12.1 Å². The normalized spacial score (nSPS) is 20.9. The molecular weight excluding hydrogens is 342 g/mol. The van der Waals surface area contributed by atoms with E-state index in [1.165, 1.54) is 10.4 Å². The zero-order chi connectivity index (χ0) is 18.8. The van der Waals surface area contributed by atoms with Gasteiger partial charge >= 0.3 is 5.97 Å². The summed E-state index contributed by atoms with van der Waals surface area (Å²) >= 11 is 0. The molecule has 1 saturated heterocycles. The van der Waals surface area contributed by atoms with Gasteiger partial charge in [0.05, 0.1) is 6.10 Å². The second kappa shape index (κ2) is 7.35. The summed E-state index contributed by atoms with van der Waals surface area (Å²) in [6.07, 6.45) is 0.391. The summed E-state index contributed by atoms with van der Waals surface area (Å²) < 4.78 is 6.93. The van der Waals surface area contributed by atoms with Gasteiger partial charge in [-0.2, -0.15) is 0 Å². The van der Waals surface area contributed by atoms with Crippen LogP contribution in [0.3, 0.4) is 0 Å². The Morgan fingerprint density at radius 1 is 1.04 bits per heavy atom. The van der Waals surface area contributed by atoms with Crippen molar-refractivity contribution >= 4 is 24.7 Å². The Morgan fingerprint density at radius 2 is 1.54 bits per heavy atom. The summed E-state index contributed by atoms with van der Waals surface area (Å²) in [5, 5.41) is 14.7. The van der Waals surface area contributed by atoms with E-state index in [4.69, 9.17) is 4.43 Å². The molecule has 0 bridgehead atoms. The van der Waals surface area contributed by atoms with E-state index in [0.29, 0.717) is 13.0 Å². The van der Waals surface area contributed by atoms with Crippen LogP contribution in [0, 0.1) is 0 Å². The largest absolute Gasteiger partial charge is 0.480 e. The molecule has 0 saturated carbocycles. The van der Waals surface area contributed by atoms with Crippen molar-refractivity contribution in [3.8, 4) is 0 Å². The molecule has 1 heterocycles. The molecule has 0 spiro atoms. The van der Waals surface area contributed by atoms with E-state index >= 15 is 0 Å². The van der Waals surface area contributed by atoms with Crippen molar-refractivity contribution in [1.29, 1.82) is 0 Å². The molecule has 2 aromatic rings. The molecule has 3 rings (SSSR count). The fraction of sp³-hybridized carbons (Fsp3) is 0.381. The fourth-order valence-electron chi connectivity index (χ4n) is 3.92. The van der Waals surface area contributed by atoms with Crippen LogP contribution < -0.4 is 15.7 Å². The van der Waals surface area contributed by atoms with Crippen LogP contribution in [0.15, 0.2) is 60.7 Å². The lowest BCUT2D eigenvalue weighted by atomic mass is 10.2. The highest BCUT2D eigenvalue weighted by atomic mass is 28.4. The first kappa shape index (κ1) is 18.8. The van der Waals surface area contributed by atoms with Gasteiger partial charge in [-0.15, -0.1) is 0 Å². The molecule has 0 aromatic heterocycles. The predicted octanol–water partition coefficient (Wildman–Crippen LogP) is 2.38. The average Bonchev–Trinajstić information content (AvgIpc) is 3.09. The number of carboxylic acids is 1. The molecule has 0 radical (unpaired) electrons. The Balaban J connectivity index is 2.08. The third kappa shape index (κ3) is 3.47. The second-order valence-corrected chi connectivity index (χ2v) is 12.2. The summed E-state index contributed by atoms with van der Waals surface area (Å²) in [4.78, 5) is 11.3. The van der Waals surface area contributed by atoms with Crippen molar-refractivity contribution in [2.24, 2.45) is 0 Å². The number of benzene rings is 2. The number of nitrogens with one attached hydrogen (secondary N) is 1. The standard InChI is InChI=1S/C21H27NO3Si/c1-21(2,3)26(17-10-6-4-7-11-17,18-12-8-5-9-13-18)25-16-14-19(20(23)24)22-15-16/h4-13,16,19,22H,14-15H2,1-3H3,(H,23,24)/t16-,19+/m1/s1.